The molecule has 0 bridgehead atoms. The van der Waals surface area contributed by atoms with Crippen LogP contribution in [0.25, 0.3) is 0 Å². The minimum atomic E-state index is 0.162. The number of halogens is 1. The van der Waals surface area contributed by atoms with Gasteiger partial charge in [0.05, 0.1) is 6.54 Å². The van der Waals surface area contributed by atoms with Gasteiger partial charge in [-0.15, -0.1) is 0 Å². The van der Waals surface area contributed by atoms with Gasteiger partial charge in [0.1, 0.15) is 0 Å². The van der Waals surface area contributed by atoms with Gasteiger partial charge in [0.2, 0.25) is 0 Å². The average Bonchev–Trinajstić information content (AvgIpc) is 2.48. The van der Waals surface area contributed by atoms with Gasteiger partial charge in [-0.05, 0) is 24.2 Å². The van der Waals surface area contributed by atoms with Crippen LogP contribution in [-0.4, -0.2) is 23.8 Å². The van der Waals surface area contributed by atoms with Crippen molar-refractivity contribution in [2.75, 3.05) is 13.1 Å². The highest BCUT2D eigenvalue weighted by Gasteiger charge is 2.11. The third kappa shape index (κ3) is 4.29. The standard InChI is InChI=1S/C17H18BrNO/c1-2-19(12-14-6-4-3-5-7-14)13-17(20)15-8-10-16(18)11-9-15/h3-11H,2,12-13H2,1H3. The molecule has 20 heavy (non-hydrogen) atoms. The largest absolute Gasteiger partial charge is 0.293 e. The molecule has 2 aromatic carbocycles. The fourth-order valence-corrected chi connectivity index (χ4v) is 2.32. The number of carbonyl (C=O) groups excluding carboxylic acids is 1. The Hall–Kier alpha value is -1.45. The maximum atomic E-state index is 12.3. The zero-order chi connectivity index (χ0) is 14.4. The first-order valence-corrected chi connectivity index (χ1v) is 7.53. The van der Waals surface area contributed by atoms with E-state index in [0.29, 0.717) is 6.54 Å². The smallest absolute Gasteiger partial charge is 0.176 e. The van der Waals surface area contributed by atoms with Gasteiger partial charge in [-0.25, -0.2) is 0 Å². The van der Waals surface area contributed by atoms with Crippen LogP contribution < -0.4 is 0 Å². The molecule has 0 fully saturated rings. The molecule has 0 spiro atoms. The van der Waals surface area contributed by atoms with E-state index in [1.165, 1.54) is 5.56 Å². The van der Waals surface area contributed by atoms with Gasteiger partial charge < -0.3 is 0 Å². The van der Waals surface area contributed by atoms with E-state index in [0.717, 1.165) is 23.1 Å². The molecule has 2 aromatic rings. The van der Waals surface area contributed by atoms with Crippen molar-refractivity contribution in [3.63, 3.8) is 0 Å². The Morgan fingerprint density at radius 3 is 2.30 bits per heavy atom. The van der Waals surface area contributed by atoms with Crippen LogP contribution in [-0.2, 0) is 6.54 Å². The van der Waals surface area contributed by atoms with Crippen LogP contribution >= 0.6 is 15.9 Å². The lowest BCUT2D eigenvalue weighted by molar-refractivity contribution is 0.0929. The lowest BCUT2D eigenvalue weighted by Crippen LogP contribution is -2.29. The molecule has 0 heterocycles. The Morgan fingerprint density at radius 1 is 1.05 bits per heavy atom. The van der Waals surface area contributed by atoms with E-state index in [9.17, 15) is 4.79 Å². The molecule has 0 saturated heterocycles. The second-order valence-corrected chi connectivity index (χ2v) is 5.63. The zero-order valence-corrected chi connectivity index (χ0v) is 13.1. The molecule has 2 rings (SSSR count). The molecule has 0 radical (unpaired) electrons. The van der Waals surface area contributed by atoms with Crippen molar-refractivity contribution in [1.82, 2.24) is 4.90 Å². The van der Waals surface area contributed by atoms with Crippen molar-refractivity contribution in [2.24, 2.45) is 0 Å². The molecule has 2 nitrogen and oxygen atoms in total. The molecular formula is C17H18BrNO. The third-order valence-electron chi connectivity index (χ3n) is 3.23. The molecule has 0 aliphatic rings. The SMILES string of the molecule is CCN(CC(=O)c1ccc(Br)cc1)Cc1ccccc1. The van der Waals surface area contributed by atoms with E-state index in [4.69, 9.17) is 0 Å². The van der Waals surface area contributed by atoms with Gasteiger partial charge in [-0.1, -0.05) is 65.3 Å². The highest BCUT2D eigenvalue weighted by molar-refractivity contribution is 9.10. The summed E-state index contributed by atoms with van der Waals surface area (Å²) in [6.07, 6.45) is 0. The van der Waals surface area contributed by atoms with Gasteiger partial charge in [-0.3, -0.25) is 9.69 Å². The number of rotatable bonds is 6. The molecule has 0 N–H and O–H groups in total. The molecule has 104 valence electrons. The van der Waals surface area contributed by atoms with Gasteiger partial charge in [0, 0.05) is 16.6 Å². The van der Waals surface area contributed by atoms with E-state index in [1.807, 2.05) is 42.5 Å². The summed E-state index contributed by atoms with van der Waals surface area (Å²) in [4.78, 5) is 14.4. The van der Waals surface area contributed by atoms with E-state index < -0.39 is 0 Å². The van der Waals surface area contributed by atoms with Gasteiger partial charge in [0.15, 0.2) is 5.78 Å². The number of Topliss-reactive ketones (excluding diaryl/α,β-unsaturated/α-hetero) is 1. The van der Waals surface area contributed by atoms with Crippen molar-refractivity contribution < 1.29 is 4.79 Å². The summed E-state index contributed by atoms with van der Waals surface area (Å²) in [7, 11) is 0. The molecule has 0 unspecified atom stereocenters. The van der Waals surface area contributed by atoms with Crippen LogP contribution in [0.2, 0.25) is 0 Å². The highest BCUT2D eigenvalue weighted by Crippen LogP contribution is 2.12. The number of hydrogen-bond acceptors (Lipinski definition) is 2. The summed E-state index contributed by atoms with van der Waals surface area (Å²) in [5.74, 6) is 0.162. The van der Waals surface area contributed by atoms with Crippen LogP contribution in [0.1, 0.15) is 22.8 Å². The molecule has 0 aromatic heterocycles. The maximum absolute atomic E-state index is 12.3. The normalized spacial score (nSPS) is 10.8. The molecule has 0 aliphatic carbocycles. The number of benzene rings is 2. The number of ketones is 1. The van der Waals surface area contributed by atoms with E-state index >= 15 is 0 Å². The van der Waals surface area contributed by atoms with Crippen LogP contribution in [0.3, 0.4) is 0 Å². The fraction of sp³-hybridized carbons (Fsp3) is 0.235. The lowest BCUT2D eigenvalue weighted by Gasteiger charge is -2.19. The molecule has 0 aliphatic heterocycles. The first-order chi connectivity index (χ1) is 9.69. The van der Waals surface area contributed by atoms with Gasteiger partial charge in [0.25, 0.3) is 0 Å². The summed E-state index contributed by atoms with van der Waals surface area (Å²) in [5.41, 5.74) is 2.00. The number of likely N-dealkylation sites (N-methyl/N-ethyl adjacent to an activating group) is 1. The number of hydrogen-bond donors (Lipinski definition) is 0. The molecule has 0 amide bonds. The quantitative estimate of drug-likeness (QED) is 0.741. The van der Waals surface area contributed by atoms with Gasteiger partial charge in [-0.2, -0.15) is 0 Å². The fourth-order valence-electron chi connectivity index (χ4n) is 2.05. The summed E-state index contributed by atoms with van der Waals surface area (Å²) >= 11 is 3.38. The van der Waals surface area contributed by atoms with Crippen molar-refractivity contribution in [3.05, 3.63) is 70.2 Å². The first-order valence-electron chi connectivity index (χ1n) is 6.74. The first kappa shape index (κ1) is 14.9. The van der Waals surface area contributed by atoms with E-state index in [-0.39, 0.29) is 5.78 Å². The molecule has 3 heteroatoms. The van der Waals surface area contributed by atoms with Gasteiger partial charge >= 0.3 is 0 Å². The van der Waals surface area contributed by atoms with Crippen molar-refractivity contribution in [3.8, 4) is 0 Å². The lowest BCUT2D eigenvalue weighted by atomic mass is 10.1. The Morgan fingerprint density at radius 2 is 1.70 bits per heavy atom. The summed E-state index contributed by atoms with van der Waals surface area (Å²) in [6, 6.07) is 17.8. The average molecular weight is 332 g/mol. The molecular weight excluding hydrogens is 314 g/mol. The predicted octanol–water partition coefficient (Wildman–Crippen LogP) is 4.15. The second kappa shape index (κ2) is 7.36. The summed E-state index contributed by atoms with van der Waals surface area (Å²) in [6.45, 7) is 4.20. The molecule has 0 atom stereocenters. The maximum Gasteiger partial charge on any atom is 0.176 e. The zero-order valence-electron chi connectivity index (χ0n) is 11.6. The minimum Gasteiger partial charge on any atom is -0.293 e. The van der Waals surface area contributed by atoms with Crippen LogP contribution in [0.5, 0.6) is 0 Å². The highest BCUT2D eigenvalue weighted by atomic mass is 79.9. The summed E-state index contributed by atoms with van der Waals surface area (Å²) < 4.78 is 0.991. The Bertz CT molecular complexity index is 551. The van der Waals surface area contributed by atoms with Crippen molar-refractivity contribution in [2.45, 2.75) is 13.5 Å². The van der Waals surface area contributed by atoms with E-state index in [1.54, 1.807) is 0 Å². The third-order valence-corrected chi connectivity index (χ3v) is 3.76. The predicted molar refractivity (Wildman–Crippen MR) is 85.9 cm³/mol. The van der Waals surface area contributed by atoms with Crippen LogP contribution in [0.15, 0.2) is 59.1 Å². The minimum absolute atomic E-state index is 0.162. The Balaban J connectivity index is 1.99. The van der Waals surface area contributed by atoms with E-state index in [2.05, 4.69) is 39.9 Å². The number of nitrogens with zero attached hydrogens (tertiary/aromatic N) is 1. The summed E-state index contributed by atoms with van der Waals surface area (Å²) in [5, 5.41) is 0. The second-order valence-electron chi connectivity index (χ2n) is 4.72. The topological polar surface area (TPSA) is 20.3 Å². The van der Waals surface area contributed by atoms with Crippen molar-refractivity contribution in [1.29, 1.82) is 0 Å². The Kier molecular flexibility index (Phi) is 5.50. The molecule has 0 saturated carbocycles. The Labute approximate surface area is 128 Å². The van der Waals surface area contributed by atoms with Crippen LogP contribution in [0, 0.1) is 0 Å². The van der Waals surface area contributed by atoms with Crippen LogP contribution in [0.4, 0.5) is 0 Å². The van der Waals surface area contributed by atoms with Crippen molar-refractivity contribution >= 4 is 21.7 Å². The number of carbonyl (C=O) groups is 1. The monoisotopic (exact) mass is 331 g/mol.